The molecule has 3 rings (SSSR count). The summed E-state index contributed by atoms with van der Waals surface area (Å²) in [5.74, 6) is 2.49. The van der Waals surface area contributed by atoms with E-state index in [2.05, 4.69) is 61.4 Å². The third-order valence-corrected chi connectivity index (χ3v) is 4.69. The first-order valence-corrected chi connectivity index (χ1v) is 10.6. The molecule has 164 valence electrons. The molecule has 0 radical (unpaired) electrons. The number of ether oxygens (including phenoxy) is 1. The first-order chi connectivity index (χ1) is 15.1. The van der Waals surface area contributed by atoms with Crippen LogP contribution in [0.1, 0.15) is 13.8 Å². The normalized spacial score (nSPS) is 10.5. The van der Waals surface area contributed by atoms with Gasteiger partial charge in [-0.15, -0.1) is 0 Å². The molecule has 0 atom stereocenters. The average molecular weight is 422 g/mol. The van der Waals surface area contributed by atoms with Crippen molar-refractivity contribution >= 4 is 29.2 Å². The Labute approximate surface area is 184 Å². The number of rotatable bonds is 11. The van der Waals surface area contributed by atoms with Gasteiger partial charge < -0.3 is 25.2 Å². The minimum Gasteiger partial charge on any atom is -0.492 e. The fraction of sp³-hybridized carbons (Fsp3) is 0.348. The third-order valence-electron chi connectivity index (χ3n) is 4.69. The van der Waals surface area contributed by atoms with Crippen LogP contribution >= 0.6 is 0 Å². The maximum absolute atomic E-state index is 5.74. The molecular formula is C23H31N7O. The predicted molar refractivity (Wildman–Crippen MR) is 128 cm³/mol. The lowest BCUT2D eigenvalue weighted by atomic mass is 10.2. The number of aromatic nitrogens is 3. The van der Waals surface area contributed by atoms with Gasteiger partial charge in [-0.05, 0) is 44.2 Å². The van der Waals surface area contributed by atoms with E-state index in [1.165, 1.54) is 0 Å². The van der Waals surface area contributed by atoms with Gasteiger partial charge in [0.2, 0.25) is 17.8 Å². The van der Waals surface area contributed by atoms with Crippen molar-refractivity contribution in [3.8, 4) is 5.75 Å². The van der Waals surface area contributed by atoms with Crippen molar-refractivity contribution in [2.45, 2.75) is 13.8 Å². The number of anilines is 5. The fourth-order valence-corrected chi connectivity index (χ4v) is 2.99. The second kappa shape index (κ2) is 11.0. The second-order valence-electron chi connectivity index (χ2n) is 7.11. The molecular weight excluding hydrogens is 390 g/mol. The van der Waals surface area contributed by atoms with Crippen LogP contribution in [0.25, 0.3) is 0 Å². The Bertz CT molecular complexity index is 946. The summed E-state index contributed by atoms with van der Waals surface area (Å²) >= 11 is 0. The highest BCUT2D eigenvalue weighted by atomic mass is 16.5. The first-order valence-electron chi connectivity index (χ1n) is 10.6. The monoisotopic (exact) mass is 421 g/mol. The highest BCUT2D eigenvalue weighted by Gasteiger charge is 2.12. The summed E-state index contributed by atoms with van der Waals surface area (Å²) in [6.45, 7) is 6.87. The Morgan fingerprint density at radius 1 is 0.871 bits per heavy atom. The van der Waals surface area contributed by atoms with Crippen LogP contribution in [-0.2, 0) is 0 Å². The minimum atomic E-state index is 0.499. The molecule has 2 N–H and O–H groups in total. The molecule has 31 heavy (non-hydrogen) atoms. The van der Waals surface area contributed by atoms with Gasteiger partial charge >= 0.3 is 0 Å². The summed E-state index contributed by atoms with van der Waals surface area (Å²) in [5.41, 5.74) is 2.01. The third kappa shape index (κ3) is 6.47. The Balaban J connectivity index is 1.73. The van der Waals surface area contributed by atoms with E-state index in [4.69, 9.17) is 4.74 Å². The van der Waals surface area contributed by atoms with Gasteiger partial charge in [0, 0.05) is 38.6 Å². The second-order valence-corrected chi connectivity index (χ2v) is 7.11. The molecule has 0 aliphatic carbocycles. The van der Waals surface area contributed by atoms with Gasteiger partial charge in [0.25, 0.3) is 0 Å². The van der Waals surface area contributed by atoms with Crippen LogP contribution in [0.5, 0.6) is 5.75 Å². The molecule has 0 saturated heterocycles. The van der Waals surface area contributed by atoms with Crippen LogP contribution in [0.2, 0.25) is 0 Å². The molecule has 0 aliphatic rings. The summed E-state index contributed by atoms with van der Waals surface area (Å²) < 4.78 is 5.74. The number of hydrogen-bond donors (Lipinski definition) is 2. The lowest BCUT2D eigenvalue weighted by Gasteiger charge is -2.20. The maximum atomic E-state index is 5.74. The van der Waals surface area contributed by atoms with Gasteiger partial charge in [0.15, 0.2) is 0 Å². The van der Waals surface area contributed by atoms with E-state index in [1.807, 2.05) is 56.6 Å². The van der Waals surface area contributed by atoms with E-state index in [0.29, 0.717) is 31.0 Å². The lowest BCUT2D eigenvalue weighted by molar-refractivity contribution is 0.332. The van der Waals surface area contributed by atoms with Crippen LogP contribution in [-0.4, -0.2) is 55.3 Å². The van der Waals surface area contributed by atoms with Gasteiger partial charge in [-0.25, -0.2) is 0 Å². The largest absolute Gasteiger partial charge is 0.492 e. The summed E-state index contributed by atoms with van der Waals surface area (Å²) in [6, 6.07) is 17.9. The van der Waals surface area contributed by atoms with E-state index >= 15 is 0 Å². The van der Waals surface area contributed by atoms with Crippen molar-refractivity contribution in [3.05, 3.63) is 54.6 Å². The average Bonchev–Trinajstić information content (AvgIpc) is 2.78. The van der Waals surface area contributed by atoms with E-state index in [9.17, 15) is 0 Å². The molecule has 1 heterocycles. The highest BCUT2D eigenvalue weighted by Crippen LogP contribution is 2.21. The summed E-state index contributed by atoms with van der Waals surface area (Å²) in [7, 11) is 4.03. The van der Waals surface area contributed by atoms with Gasteiger partial charge in [-0.2, -0.15) is 15.0 Å². The number of hydrogen-bond acceptors (Lipinski definition) is 8. The molecule has 0 bridgehead atoms. The van der Waals surface area contributed by atoms with Gasteiger partial charge in [-0.1, -0.05) is 24.3 Å². The summed E-state index contributed by atoms with van der Waals surface area (Å²) in [6.07, 6.45) is 0. The Morgan fingerprint density at radius 3 is 2.32 bits per heavy atom. The van der Waals surface area contributed by atoms with E-state index in [1.54, 1.807) is 0 Å². The van der Waals surface area contributed by atoms with Gasteiger partial charge in [-0.3, -0.25) is 0 Å². The van der Waals surface area contributed by atoms with Crippen molar-refractivity contribution in [1.82, 2.24) is 15.0 Å². The maximum Gasteiger partial charge on any atom is 0.233 e. The van der Waals surface area contributed by atoms with E-state index in [-0.39, 0.29) is 0 Å². The number of nitrogens with one attached hydrogen (secondary N) is 2. The smallest absolute Gasteiger partial charge is 0.233 e. The van der Waals surface area contributed by atoms with Crippen LogP contribution in [0.3, 0.4) is 0 Å². The summed E-state index contributed by atoms with van der Waals surface area (Å²) in [5, 5.41) is 6.56. The Kier molecular flexibility index (Phi) is 7.86. The van der Waals surface area contributed by atoms with Crippen LogP contribution < -0.4 is 25.2 Å². The molecule has 3 aromatic rings. The zero-order valence-corrected chi connectivity index (χ0v) is 18.7. The molecule has 0 fully saturated rings. The molecule has 1 aromatic heterocycles. The minimum absolute atomic E-state index is 0.499. The van der Waals surface area contributed by atoms with Crippen molar-refractivity contribution in [2.24, 2.45) is 0 Å². The van der Waals surface area contributed by atoms with Crippen LogP contribution in [0, 0.1) is 0 Å². The molecule has 0 unspecified atom stereocenters. The first kappa shape index (κ1) is 22.1. The van der Waals surface area contributed by atoms with E-state index < -0.39 is 0 Å². The predicted octanol–water partition coefficient (Wildman–Crippen LogP) is 4.02. The standard InChI is InChI=1S/C23H31N7O/c1-5-30(6-2)23-27-21(24-15-16-31-20-13-8-7-9-14-20)26-22(28-23)25-18-11-10-12-19(17-18)29(3)4/h7-14,17H,5-6,15-16H2,1-4H3,(H2,24,25,26,27,28). The fourth-order valence-electron chi connectivity index (χ4n) is 2.99. The number of para-hydroxylation sites is 1. The highest BCUT2D eigenvalue weighted by molar-refractivity contribution is 5.62. The molecule has 8 nitrogen and oxygen atoms in total. The topological polar surface area (TPSA) is 78.4 Å². The number of nitrogens with zero attached hydrogens (tertiary/aromatic N) is 5. The van der Waals surface area contributed by atoms with Crippen molar-refractivity contribution in [3.63, 3.8) is 0 Å². The molecule has 0 saturated carbocycles. The Hall–Kier alpha value is -3.55. The number of benzene rings is 2. The van der Waals surface area contributed by atoms with Gasteiger partial charge in [0.05, 0.1) is 6.54 Å². The molecule has 8 heteroatoms. The lowest BCUT2D eigenvalue weighted by Crippen LogP contribution is -2.25. The van der Waals surface area contributed by atoms with Crippen LogP contribution in [0.15, 0.2) is 54.6 Å². The molecule has 0 spiro atoms. The molecule has 0 aliphatic heterocycles. The molecule has 2 aromatic carbocycles. The van der Waals surface area contributed by atoms with Gasteiger partial charge in [0.1, 0.15) is 12.4 Å². The Morgan fingerprint density at radius 2 is 1.61 bits per heavy atom. The van der Waals surface area contributed by atoms with Crippen molar-refractivity contribution < 1.29 is 4.74 Å². The van der Waals surface area contributed by atoms with E-state index in [0.717, 1.165) is 30.2 Å². The SMILES string of the molecule is CCN(CC)c1nc(NCCOc2ccccc2)nc(Nc2cccc(N(C)C)c2)n1. The molecule has 0 amide bonds. The zero-order valence-electron chi connectivity index (χ0n) is 18.7. The van der Waals surface area contributed by atoms with Crippen molar-refractivity contribution in [2.75, 3.05) is 60.8 Å². The zero-order chi connectivity index (χ0) is 22.1. The quantitative estimate of drug-likeness (QED) is 0.450. The summed E-state index contributed by atoms with van der Waals surface area (Å²) in [4.78, 5) is 17.9. The van der Waals surface area contributed by atoms with Crippen molar-refractivity contribution in [1.29, 1.82) is 0 Å². The van der Waals surface area contributed by atoms with Crippen LogP contribution in [0.4, 0.5) is 29.2 Å².